The lowest BCUT2D eigenvalue weighted by atomic mass is 10.0. The van der Waals surface area contributed by atoms with Crippen molar-refractivity contribution in [2.45, 2.75) is 30.5 Å². The largest absolute Gasteiger partial charge is 0.365 e. The Kier molecular flexibility index (Phi) is 5.53. The zero-order valence-corrected chi connectivity index (χ0v) is 16.3. The van der Waals surface area contributed by atoms with Gasteiger partial charge in [0.2, 0.25) is 10.0 Å². The SMILES string of the molecule is CC(C)N=C1SCC(O)(c2ccc(Cl)c(S(N)(=O)=O)c2)N1N(C)C. The minimum atomic E-state index is -3.99. The highest BCUT2D eigenvalue weighted by Crippen LogP contribution is 2.41. The van der Waals surface area contributed by atoms with Crippen LogP contribution >= 0.6 is 23.4 Å². The van der Waals surface area contributed by atoms with Crippen molar-refractivity contribution in [1.82, 2.24) is 10.0 Å². The fraction of sp³-hybridized carbons (Fsp3) is 0.500. The fourth-order valence-electron chi connectivity index (χ4n) is 2.44. The molecule has 134 valence electrons. The van der Waals surface area contributed by atoms with E-state index in [1.54, 1.807) is 30.2 Å². The van der Waals surface area contributed by atoms with E-state index >= 15 is 0 Å². The number of amidine groups is 1. The minimum Gasteiger partial charge on any atom is -0.365 e. The summed E-state index contributed by atoms with van der Waals surface area (Å²) >= 11 is 7.33. The fourth-order valence-corrected chi connectivity index (χ4v) is 4.85. The third-order valence-electron chi connectivity index (χ3n) is 3.40. The van der Waals surface area contributed by atoms with Crippen LogP contribution in [0.2, 0.25) is 5.02 Å². The number of hydrogen-bond acceptors (Lipinski definition) is 6. The number of sulfonamides is 1. The molecule has 0 bridgehead atoms. The van der Waals surface area contributed by atoms with Crippen LogP contribution in [-0.2, 0) is 15.7 Å². The number of thioether (sulfide) groups is 1. The summed E-state index contributed by atoms with van der Waals surface area (Å²) in [4.78, 5) is 4.31. The number of rotatable bonds is 4. The van der Waals surface area contributed by atoms with Crippen LogP contribution in [0.25, 0.3) is 0 Å². The molecule has 1 atom stereocenters. The lowest BCUT2D eigenvalue weighted by molar-refractivity contribution is -0.134. The van der Waals surface area contributed by atoms with E-state index in [1.165, 1.54) is 23.9 Å². The normalized spacial score (nSPS) is 23.7. The maximum Gasteiger partial charge on any atom is 0.239 e. The van der Waals surface area contributed by atoms with Gasteiger partial charge in [-0.05, 0) is 26.0 Å². The number of aliphatic hydroxyl groups is 1. The molecule has 2 rings (SSSR count). The molecule has 1 saturated heterocycles. The molecule has 0 spiro atoms. The van der Waals surface area contributed by atoms with Gasteiger partial charge < -0.3 is 5.11 Å². The Balaban J connectivity index is 2.58. The van der Waals surface area contributed by atoms with Crippen LogP contribution in [0.1, 0.15) is 19.4 Å². The molecule has 0 amide bonds. The van der Waals surface area contributed by atoms with Crippen LogP contribution < -0.4 is 5.14 Å². The first-order valence-electron chi connectivity index (χ1n) is 7.20. The van der Waals surface area contributed by atoms with E-state index < -0.39 is 15.7 Å². The van der Waals surface area contributed by atoms with Crippen LogP contribution in [0.15, 0.2) is 28.1 Å². The first-order valence-corrected chi connectivity index (χ1v) is 10.1. The molecule has 1 heterocycles. The lowest BCUT2D eigenvalue weighted by Crippen LogP contribution is -2.52. The first-order chi connectivity index (χ1) is 11.0. The smallest absolute Gasteiger partial charge is 0.239 e. The van der Waals surface area contributed by atoms with Crippen molar-refractivity contribution in [1.29, 1.82) is 0 Å². The predicted octanol–water partition coefficient (Wildman–Crippen LogP) is 1.42. The highest BCUT2D eigenvalue weighted by molar-refractivity contribution is 8.14. The lowest BCUT2D eigenvalue weighted by Gasteiger charge is -2.38. The van der Waals surface area contributed by atoms with Gasteiger partial charge in [0.15, 0.2) is 10.9 Å². The first kappa shape index (κ1) is 19.5. The van der Waals surface area contributed by atoms with Gasteiger partial charge in [-0.15, -0.1) is 0 Å². The molecule has 0 aromatic heterocycles. The number of nitrogens with zero attached hydrogens (tertiary/aromatic N) is 3. The molecule has 3 N–H and O–H groups in total. The summed E-state index contributed by atoms with van der Waals surface area (Å²) < 4.78 is 23.4. The van der Waals surface area contributed by atoms with Gasteiger partial charge in [0.25, 0.3) is 0 Å². The standard InChI is InChI=1S/C14H21ClN4O3S2/c1-9(2)17-13-19(18(3)4)14(20,8-23-13)10-5-6-11(15)12(7-10)24(16,21)22/h5-7,9,20H,8H2,1-4H3,(H2,16,21,22). The minimum absolute atomic E-state index is 0.0166. The second kappa shape index (κ2) is 6.81. The van der Waals surface area contributed by atoms with E-state index in [4.69, 9.17) is 16.7 Å². The highest BCUT2D eigenvalue weighted by atomic mass is 35.5. The number of halogens is 1. The van der Waals surface area contributed by atoms with Crippen molar-refractivity contribution in [3.63, 3.8) is 0 Å². The monoisotopic (exact) mass is 392 g/mol. The van der Waals surface area contributed by atoms with E-state index in [1.807, 2.05) is 13.8 Å². The van der Waals surface area contributed by atoms with Gasteiger partial charge in [0.1, 0.15) is 4.90 Å². The molecule has 1 aliphatic rings. The summed E-state index contributed by atoms with van der Waals surface area (Å²) in [6.07, 6.45) is 0. The third kappa shape index (κ3) is 3.71. The Bertz CT molecular complexity index is 767. The van der Waals surface area contributed by atoms with Gasteiger partial charge in [-0.25, -0.2) is 23.6 Å². The average molecular weight is 393 g/mol. The Hall–Kier alpha value is -0.840. The van der Waals surface area contributed by atoms with Gasteiger partial charge in [-0.1, -0.05) is 29.4 Å². The summed E-state index contributed by atoms with van der Waals surface area (Å²) in [7, 11) is -0.433. The zero-order valence-electron chi connectivity index (χ0n) is 13.9. The van der Waals surface area contributed by atoms with Crippen molar-refractivity contribution in [3.05, 3.63) is 28.8 Å². The quantitative estimate of drug-likeness (QED) is 0.803. The molecule has 10 heteroatoms. The van der Waals surface area contributed by atoms with Crippen LogP contribution in [0, 0.1) is 0 Å². The summed E-state index contributed by atoms with van der Waals surface area (Å²) in [6, 6.07) is 4.38. The van der Waals surface area contributed by atoms with E-state index in [0.29, 0.717) is 16.5 Å². The maximum absolute atomic E-state index is 11.7. The van der Waals surface area contributed by atoms with Crippen molar-refractivity contribution >= 4 is 38.6 Å². The number of nitrogens with two attached hydrogens (primary N) is 1. The number of aliphatic imine (C=N–C) groups is 1. The van der Waals surface area contributed by atoms with Crippen molar-refractivity contribution in [2.75, 3.05) is 19.8 Å². The number of hydrogen-bond donors (Lipinski definition) is 2. The summed E-state index contributed by atoms with van der Waals surface area (Å²) in [5.74, 6) is 0.294. The van der Waals surface area contributed by atoms with Gasteiger partial charge >= 0.3 is 0 Å². The summed E-state index contributed by atoms with van der Waals surface area (Å²) in [5.41, 5.74) is -1.07. The topological polar surface area (TPSA) is 99.2 Å². The number of primary sulfonamides is 1. The molecule has 1 aromatic rings. The van der Waals surface area contributed by atoms with Gasteiger partial charge in [0.05, 0.1) is 10.8 Å². The van der Waals surface area contributed by atoms with Crippen LogP contribution in [0.3, 0.4) is 0 Å². The molecular formula is C14H21ClN4O3S2. The second-order valence-corrected chi connectivity index (χ2v) is 8.84. The Morgan fingerprint density at radius 2 is 2.08 bits per heavy atom. The van der Waals surface area contributed by atoms with Crippen LogP contribution in [0.5, 0.6) is 0 Å². The third-order valence-corrected chi connectivity index (χ3v) is 5.88. The average Bonchev–Trinajstić information content (AvgIpc) is 2.75. The molecular weight excluding hydrogens is 372 g/mol. The number of benzene rings is 1. The number of hydrazine groups is 1. The predicted molar refractivity (Wildman–Crippen MR) is 97.3 cm³/mol. The molecule has 1 fully saturated rings. The van der Waals surface area contributed by atoms with Gasteiger partial charge in [-0.3, -0.25) is 4.99 Å². The van der Waals surface area contributed by atoms with Crippen LogP contribution in [-0.4, -0.2) is 54.6 Å². The van der Waals surface area contributed by atoms with E-state index in [-0.39, 0.29) is 16.0 Å². The molecule has 0 saturated carbocycles. The second-order valence-electron chi connectivity index (χ2n) is 5.96. The molecule has 24 heavy (non-hydrogen) atoms. The zero-order chi connectivity index (χ0) is 18.3. The van der Waals surface area contributed by atoms with E-state index in [2.05, 4.69) is 4.99 Å². The van der Waals surface area contributed by atoms with E-state index in [9.17, 15) is 13.5 Å². The Morgan fingerprint density at radius 1 is 1.46 bits per heavy atom. The van der Waals surface area contributed by atoms with Gasteiger partial charge in [-0.2, -0.15) is 0 Å². The molecule has 0 radical (unpaired) electrons. The van der Waals surface area contributed by atoms with Crippen molar-refractivity contribution < 1.29 is 13.5 Å². The molecule has 7 nitrogen and oxygen atoms in total. The summed E-state index contributed by atoms with van der Waals surface area (Å²) in [6.45, 7) is 3.89. The maximum atomic E-state index is 11.7. The van der Waals surface area contributed by atoms with Crippen LogP contribution in [0.4, 0.5) is 0 Å². The Labute approximate surface area is 151 Å². The Morgan fingerprint density at radius 3 is 2.58 bits per heavy atom. The van der Waals surface area contributed by atoms with Crippen molar-refractivity contribution in [3.8, 4) is 0 Å². The summed E-state index contributed by atoms with van der Waals surface area (Å²) in [5, 5.41) is 20.5. The van der Waals surface area contributed by atoms with Gasteiger partial charge in [0, 0.05) is 25.7 Å². The van der Waals surface area contributed by atoms with E-state index in [0.717, 1.165) is 0 Å². The molecule has 1 aliphatic heterocycles. The molecule has 1 aromatic carbocycles. The van der Waals surface area contributed by atoms with Crippen molar-refractivity contribution in [2.24, 2.45) is 10.1 Å². The molecule has 1 unspecified atom stereocenters. The highest BCUT2D eigenvalue weighted by Gasteiger charge is 2.47. The molecule has 0 aliphatic carbocycles.